The molecule has 7 nitrogen and oxygen atoms in total. The average Bonchev–Trinajstić information content (AvgIpc) is 2.97. The van der Waals surface area contributed by atoms with Crippen LogP contribution in [-0.2, 0) is 22.4 Å². The molecule has 2 aliphatic rings. The zero-order chi connectivity index (χ0) is 15.4. The van der Waals surface area contributed by atoms with Gasteiger partial charge in [0.1, 0.15) is 0 Å². The Morgan fingerprint density at radius 3 is 2.91 bits per heavy atom. The summed E-state index contributed by atoms with van der Waals surface area (Å²) in [5.74, 6) is 0.878. The predicted molar refractivity (Wildman–Crippen MR) is 79.3 cm³/mol. The molecule has 3 heterocycles. The average molecular weight is 311 g/mol. The molecule has 0 unspecified atom stereocenters. The smallest absolute Gasteiger partial charge is 0.150 e. The van der Waals surface area contributed by atoms with Gasteiger partial charge in [-0.1, -0.05) is 5.16 Å². The highest BCUT2D eigenvalue weighted by molar-refractivity contribution is 5.07. The fraction of sp³-hybridized carbons (Fsp3) is 0.800. The molecule has 2 aliphatic heterocycles. The van der Waals surface area contributed by atoms with Crippen molar-refractivity contribution in [3.8, 4) is 0 Å². The molecule has 0 bridgehead atoms. The summed E-state index contributed by atoms with van der Waals surface area (Å²) >= 11 is 0. The van der Waals surface area contributed by atoms with E-state index in [1.807, 2.05) is 6.07 Å². The van der Waals surface area contributed by atoms with Crippen molar-refractivity contribution < 1.29 is 19.1 Å². The zero-order valence-electron chi connectivity index (χ0n) is 12.8. The summed E-state index contributed by atoms with van der Waals surface area (Å²) in [4.78, 5) is 2.30. The van der Waals surface area contributed by atoms with Gasteiger partial charge in [0, 0.05) is 32.1 Å². The van der Waals surface area contributed by atoms with Gasteiger partial charge in [-0.05, 0) is 12.8 Å². The molecule has 0 aromatic carbocycles. The van der Waals surface area contributed by atoms with E-state index in [9.17, 15) is 5.11 Å². The lowest BCUT2D eigenvalue weighted by Gasteiger charge is -2.32. The molecule has 2 saturated heterocycles. The number of rotatable bonds is 5. The highest BCUT2D eigenvalue weighted by atomic mass is 16.5. The number of nitrogens with zero attached hydrogens (tertiary/aromatic N) is 2. The SMILES string of the molecule is NC[C@H]1O[C@H](Cc2cc(CN3CCOCC3)on2)CC[C@@H]1O. The summed E-state index contributed by atoms with van der Waals surface area (Å²) < 4.78 is 16.6. The van der Waals surface area contributed by atoms with E-state index in [1.165, 1.54) is 0 Å². The van der Waals surface area contributed by atoms with E-state index < -0.39 is 6.10 Å². The van der Waals surface area contributed by atoms with Crippen molar-refractivity contribution in [2.75, 3.05) is 32.8 Å². The Balaban J connectivity index is 1.50. The first-order valence-corrected chi connectivity index (χ1v) is 8.02. The highest BCUT2D eigenvalue weighted by Gasteiger charge is 2.29. The maximum absolute atomic E-state index is 9.78. The molecule has 0 saturated carbocycles. The van der Waals surface area contributed by atoms with Crippen molar-refractivity contribution >= 4 is 0 Å². The molecular formula is C15H25N3O4. The van der Waals surface area contributed by atoms with Gasteiger partial charge in [0.2, 0.25) is 0 Å². The van der Waals surface area contributed by atoms with Crippen LogP contribution in [0.5, 0.6) is 0 Å². The molecule has 0 spiro atoms. The van der Waals surface area contributed by atoms with Gasteiger partial charge in [-0.2, -0.15) is 0 Å². The number of ether oxygens (including phenoxy) is 2. The third kappa shape index (κ3) is 4.05. The normalized spacial score (nSPS) is 30.5. The molecule has 0 radical (unpaired) electrons. The predicted octanol–water partition coefficient (Wildman–Crippen LogP) is -0.0835. The quantitative estimate of drug-likeness (QED) is 0.785. The van der Waals surface area contributed by atoms with Gasteiger partial charge < -0.3 is 24.8 Å². The lowest BCUT2D eigenvalue weighted by atomic mass is 9.98. The molecule has 3 atom stereocenters. The number of nitrogens with two attached hydrogens (primary N) is 1. The molecule has 124 valence electrons. The van der Waals surface area contributed by atoms with Gasteiger partial charge in [-0.15, -0.1) is 0 Å². The Bertz CT molecular complexity index is 461. The summed E-state index contributed by atoms with van der Waals surface area (Å²) in [5, 5.41) is 13.9. The van der Waals surface area contributed by atoms with Gasteiger partial charge >= 0.3 is 0 Å². The van der Waals surface area contributed by atoms with E-state index in [-0.39, 0.29) is 12.2 Å². The van der Waals surface area contributed by atoms with Crippen LogP contribution in [-0.4, -0.2) is 66.3 Å². The van der Waals surface area contributed by atoms with Gasteiger partial charge in [0.25, 0.3) is 0 Å². The maximum atomic E-state index is 9.78. The Kier molecular flexibility index (Phi) is 5.43. The molecule has 7 heteroatoms. The fourth-order valence-corrected chi connectivity index (χ4v) is 3.05. The van der Waals surface area contributed by atoms with E-state index in [2.05, 4.69) is 10.1 Å². The molecule has 1 aromatic rings. The van der Waals surface area contributed by atoms with E-state index in [0.717, 1.165) is 57.1 Å². The molecule has 3 rings (SSSR count). The Hall–Kier alpha value is -0.990. The first-order valence-electron chi connectivity index (χ1n) is 8.02. The van der Waals surface area contributed by atoms with Crippen molar-refractivity contribution in [2.45, 2.75) is 44.1 Å². The van der Waals surface area contributed by atoms with Crippen LogP contribution in [0.3, 0.4) is 0 Å². The van der Waals surface area contributed by atoms with Crippen LogP contribution in [0.1, 0.15) is 24.3 Å². The van der Waals surface area contributed by atoms with Crippen LogP contribution in [0.15, 0.2) is 10.6 Å². The van der Waals surface area contributed by atoms with Crippen LogP contribution in [0, 0.1) is 0 Å². The number of aliphatic hydroxyl groups is 1. The largest absolute Gasteiger partial charge is 0.390 e. The van der Waals surface area contributed by atoms with Crippen LogP contribution >= 0.6 is 0 Å². The Morgan fingerprint density at radius 1 is 1.32 bits per heavy atom. The van der Waals surface area contributed by atoms with Crippen LogP contribution in [0.2, 0.25) is 0 Å². The lowest BCUT2D eigenvalue weighted by molar-refractivity contribution is -0.112. The zero-order valence-corrected chi connectivity index (χ0v) is 12.8. The summed E-state index contributed by atoms with van der Waals surface area (Å²) in [5.41, 5.74) is 6.53. The van der Waals surface area contributed by atoms with Crippen molar-refractivity contribution in [3.05, 3.63) is 17.5 Å². The maximum Gasteiger partial charge on any atom is 0.150 e. The summed E-state index contributed by atoms with van der Waals surface area (Å²) in [6.07, 6.45) is 1.59. The van der Waals surface area contributed by atoms with Gasteiger partial charge in [-0.3, -0.25) is 4.90 Å². The van der Waals surface area contributed by atoms with Crippen molar-refractivity contribution in [1.29, 1.82) is 0 Å². The molecule has 0 aliphatic carbocycles. The lowest BCUT2D eigenvalue weighted by Crippen LogP contribution is -2.44. The fourth-order valence-electron chi connectivity index (χ4n) is 3.05. The topological polar surface area (TPSA) is 94.0 Å². The number of morpholine rings is 1. The van der Waals surface area contributed by atoms with E-state index in [1.54, 1.807) is 0 Å². The number of aromatic nitrogens is 1. The summed E-state index contributed by atoms with van der Waals surface area (Å²) in [7, 11) is 0. The van der Waals surface area contributed by atoms with Crippen LogP contribution < -0.4 is 5.73 Å². The molecule has 3 N–H and O–H groups in total. The highest BCUT2D eigenvalue weighted by Crippen LogP contribution is 2.22. The standard InChI is InChI=1S/C15H25N3O4/c16-9-15-14(19)2-1-12(21-15)7-11-8-13(22-17-11)10-18-3-5-20-6-4-18/h8,12,14-15,19H,1-7,9-10,16H2/t12-,14-,15+/m0/s1. The number of hydrogen-bond donors (Lipinski definition) is 2. The minimum Gasteiger partial charge on any atom is -0.390 e. The third-order valence-electron chi connectivity index (χ3n) is 4.34. The Labute approximate surface area is 130 Å². The first kappa shape index (κ1) is 15.9. The van der Waals surface area contributed by atoms with Crippen LogP contribution in [0.4, 0.5) is 0 Å². The van der Waals surface area contributed by atoms with Gasteiger partial charge in [0.15, 0.2) is 5.76 Å². The Morgan fingerprint density at radius 2 is 2.14 bits per heavy atom. The summed E-state index contributed by atoms with van der Waals surface area (Å²) in [6, 6.07) is 2.00. The second-order valence-electron chi connectivity index (χ2n) is 6.05. The molecule has 22 heavy (non-hydrogen) atoms. The minimum atomic E-state index is -0.449. The second kappa shape index (κ2) is 7.52. The van der Waals surface area contributed by atoms with Crippen LogP contribution in [0.25, 0.3) is 0 Å². The van der Waals surface area contributed by atoms with Crippen molar-refractivity contribution in [3.63, 3.8) is 0 Å². The van der Waals surface area contributed by atoms with Gasteiger partial charge in [-0.25, -0.2) is 0 Å². The van der Waals surface area contributed by atoms with Gasteiger partial charge in [0.05, 0.1) is 43.8 Å². The third-order valence-corrected chi connectivity index (χ3v) is 4.34. The monoisotopic (exact) mass is 311 g/mol. The first-order chi connectivity index (χ1) is 10.7. The molecular weight excluding hydrogens is 286 g/mol. The number of hydrogen-bond acceptors (Lipinski definition) is 7. The molecule has 0 amide bonds. The van der Waals surface area contributed by atoms with E-state index in [0.29, 0.717) is 13.0 Å². The summed E-state index contributed by atoms with van der Waals surface area (Å²) in [6.45, 7) is 4.53. The minimum absolute atomic E-state index is 0.0540. The molecule has 2 fully saturated rings. The van der Waals surface area contributed by atoms with Crippen molar-refractivity contribution in [1.82, 2.24) is 10.1 Å². The van der Waals surface area contributed by atoms with Crippen molar-refractivity contribution in [2.24, 2.45) is 5.73 Å². The van der Waals surface area contributed by atoms with E-state index >= 15 is 0 Å². The van der Waals surface area contributed by atoms with E-state index in [4.69, 9.17) is 19.7 Å². The molecule has 1 aromatic heterocycles. The second-order valence-corrected chi connectivity index (χ2v) is 6.05. The number of aliphatic hydroxyl groups excluding tert-OH is 1.